The molecule has 1 unspecified atom stereocenters. The van der Waals surface area contributed by atoms with Crippen LogP contribution in [0.4, 0.5) is 0 Å². The third-order valence-corrected chi connectivity index (χ3v) is 3.36. The van der Waals surface area contributed by atoms with Gasteiger partial charge in [0.25, 0.3) is 0 Å². The molecule has 2 heterocycles. The zero-order chi connectivity index (χ0) is 13.9. The summed E-state index contributed by atoms with van der Waals surface area (Å²) in [4.78, 5) is 15.4. The third kappa shape index (κ3) is 2.64. The summed E-state index contributed by atoms with van der Waals surface area (Å²) in [7, 11) is 0. The van der Waals surface area contributed by atoms with E-state index in [0.717, 1.165) is 11.6 Å². The standard InChI is InChI=1S/C14H15N3O3/c18-14(19)10-6-7-13-15-12(16-17(13)8-10)9-20-11-4-2-1-3-5-11/h1-5,10H,6-9H2,(H,18,19). The quantitative estimate of drug-likeness (QED) is 0.913. The van der Waals surface area contributed by atoms with Crippen molar-refractivity contribution in [2.24, 2.45) is 5.92 Å². The van der Waals surface area contributed by atoms with Crippen LogP contribution in [-0.2, 0) is 24.4 Å². The van der Waals surface area contributed by atoms with Crippen LogP contribution in [0.1, 0.15) is 18.1 Å². The van der Waals surface area contributed by atoms with E-state index in [4.69, 9.17) is 9.84 Å². The molecule has 1 aliphatic heterocycles. The summed E-state index contributed by atoms with van der Waals surface area (Å²) in [5.41, 5.74) is 0. The number of rotatable bonds is 4. The van der Waals surface area contributed by atoms with Gasteiger partial charge >= 0.3 is 5.97 Å². The Morgan fingerprint density at radius 1 is 1.40 bits per heavy atom. The fourth-order valence-electron chi connectivity index (χ4n) is 2.29. The number of aromatic nitrogens is 3. The molecule has 1 atom stereocenters. The van der Waals surface area contributed by atoms with Crippen molar-refractivity contribution in [1.82, 2.24) is 14.8 Å². The largest absolute Gasteiger partial charge is 0.486 e. The van der Waals surface area contributed by atoms with Gasteiger partial charge in [0.1, 0.15) is 18.2 Å². The van der Waals surface area contributed by atoms with Crippen LogP contribution in [0.2, 0.25) is 0 Å². The lowest BCUT2D eigenvalue weighted by Crippen LogP contribution is -2.27. The van der Waals surface area contributed by atoms with Crippen LogP contribution < -0.4 is 4.74 Å². The molecule has 1 aromatic heterocycles. The van der Waals surface area contributed by atoms with E-state index in [-0.39, 0.29) is 5.92 Å². The maximum absolute atomic E-state index is 11.0. The molecule has 0 radical (unpaired) electrons. The Morgan fingerprint density at radius 2 is 2.20 bits per heavy atom. The number of carbonyl (C=O) groups is 1. The smallest absolute Gasteiger partial charge is 0.308 e. The van der Waals surface area contributed by atoms with Crippen LogP contribution in [-0.4, -0.2) is 25.8 Å². The van der Waals surface area contributed by atoms with E-state index in [9.17, 15) is 4.79 Å². The molecule has 6 nitrogen and oxygen atoms in total. The summed E-state index contributed by atoms with van der Waals surface area (Å²) >= 11 is 0. The average Bonchev–Trinajstić information content (AvgIpc) is 2.88. The van der Waals surface area contributed by atoms with Gasteiger partial charge in [-0.1, -0.05) is 18.2 Å². The second kappa shape index (κ2) is 5.32. The van der Waals surface area contributed by atoms with E-state index in [1.165, 1.54) is 0 Å². The molecule has 0 aliphatic carbocycles. The Kier molecular flexibility index (Phi) is 3.37. The first kappa shape index (κ1) is 12.7. The van der Waals surface area contributed by atoms with Crippen LogP contribution in [0.15, 0.2) is 30.3 Å². The van der Waals surface area contributed by atoms with Crippen molar-refractivity contribution in [1.29, 1.82) is 0 Å². The zero-order valence-corrected chi connectivity index (χ0v) is 10.9. The highest BCUT2D eigenvalue weighted by Crippen LogP contribution is 2.19. The molecular weight excluding hydrogens is 258 g/mol. The fourth-order valence-corrected chi connectivity index (χ4v) is 2.29. The van der Waals surface area contributed by atoms with Crippen molar-refractivity contribution in [3.05, 3.63) is 42.0 Å². The zero-order valence-electron chi connectivity index (χ0n) is 10.9. The van der Waals surface area contributed by atoms with Crippen molar-refractivity contribution in [2.45, 2.75) is 26.0 Å². The number of para-hydroxylation sites is 1. The lowest BCUT2D eigenvalue weighted by Gasteiger charge is -2.18. The number of ether oxygens (including phenoxy) is 1. The van der Waals surface area contributed by atoms with Gasteiger partial charge in [-0.05, 0) is 18.6 Å². The topological polar surface area (TPSA) is 77.2 Å². The fraction of sp³-hybridized carbons (Fsp3) is 0.357. The molecule has 0 saturated carbocycles. The van der Waals surface area contributed by atoms with Crippen LogP contribution in [0, 0.1) is 5.92 Å². The molecule has 0 bridgehead atoms. The van der Waals surface area contributed by atoms with E-state index >= 15 is 0 Å². The third-order valence-electron chi connectivity index (χ3n) is 3.36. The number of aliphatic carboxylic acids is 1. The first-order valence-electron chi connectivity index (χ1n) is 6.55. The highest BCUT2D eigenvalue weighted by atomic mass is 16.5. The summed E-state index contributed by atoms with van der Waals surface area (Å²) in [5, 5.41) is 13.4. The minimum atomic E-state index is -0.770. The number of carboxylic acids is 1. The van der Waals surface area contributed by atoms with Gasteiger partial charge in [-0.25, -0.2) is 9.67 Å². The van der Waals surface area contributed by atoms with Crippen molar-refractivity contribution in [3.8, 4) is 5.75 Å². The predicted octanol–water partition coefficient (Wildman–Crippen LogP) is 1.50. The van der Waals surface area contributed by atoms with Gasteiger partial charge in [-0.3, -0.25) is 4.79 Å². The van der Waals surface area contributed by atoms with E-state index in [0.29, 0.717) is 31.8 Å². The summed E-state index contributed by atoms with van der Waals surface area (Å²) in [6, 6.07) is 9.47. The molecule has 1 aromatic carbocycles. The van der Waals surface area contributed by atoms with Crippen molar-refractivity contribution in [3.63, 3.8) is 0 Å². The van der Waals surface area contributed by atoms with E-state index in [2.05, 4.69) is 10.1 Å². The van der Waals surface area contributed by atoms with Crippen molar-refractivity contribution in [2.75, 3.05) is 0 Å². The maximum atomic E-state index is 11.0. The first-order valence-corrected chi connectivity index (χ1v) is 6.55. The second-order valence-electron chi connectivity index (χ2n) is 4.80. The lowest BCUT2D eigenvalue weighted by molar-refractivity contribution is -0.142. The van der Waals surface area contributed by atoms with Crippen LogP contribution >= 0.6 is 0 Å². The normalized spacial score (nSPS) is 17.5. The second-order valence-corrected chi connectivity index (χ2v) is 4.80. The minimum absolute atomic E-state index is 0.293. The molecule has 0 fully saturated rings. The van der Waals surface area contributed by atoms with Crippen molar-refractivity contribution < 1.29 is 14.6 Å². The van der Waals surface area contributed by atoms with Gasteiger partial charge in [0, 0.05) is 6.42 Å². The minimum Gasteiger partial charge on any atom is -0.486 e. The molecule has 1 aliphatic rings. The van der Waals surface area contributed by atoms with E-state index in [1.807, 2.05) is 30.3 Å². The number of carboxylic acid groups (broad SMARTS) is 1. The van der Waals surface area contributed by atoms with Crippen molar-refractivity contribution >= 4 is 5.97 Å². The van der Waals surface area contributed by atoms with Crippen LogP contribution in [0.5, 0.6) is 5.75 Å². The highest BCUT2D eigenvalue weighted by Gasteiger charge is 2.26. The molecule has 3 rings (SSSR count). The summed E-state index contributed by atoms with van der Waals surface area (Å²) in [6.45, 7) is 0.685. The average molecular weight is 273 g/mol. The van der Waals surface area contributed by atoms with Gasteiger partial charge in [0.15, 0.2) is 5.82 Å². The Balaban J connectivity index is 1.67. The van der Waals surface area contributed by atoms with Crippen LogP contribution in [0.25, 0.3) is 0 Å². The predicted molar refractivity (Wildman–Crippen MR) is 70.2 cm³/mol. The number of nitrogens with zero attached hydrogens (tertiary/aromatic N) is 3. The van der Waals surface area contributed by atoms with Gasteiger partial charge in [-0.15, -0.1) is 0 Å². The monoisotopic (exact) mass is 273 g/mol. The Labute approximate surface area is 116 Å². The summed E-state index contributed by atoms with van der Waals surface area (Å²) in [5.74, 6) is 1.06. The van der Waals surface area contributed by atoms with E-state index < -0.39 is 5.97 Å². The van der Waals surface area contributed by atoms with Gasteiger partial charge in [-0.2, -0.15) is 5.10 Å². The molecule has 2 aromatic rings. The number of hydrogen-bond acceptors (Lipinski definition) is 4. The number of aryl methyl sites for hydroxylation is 1. The molecule has 1 N–H and O–H groups in total. The van der Waals surface area contributed by atoms with Gasteiger partial charge in [0.05, 0.1) is 12.5 Å². The maximum Gasteiger partial charge on any atom is 0.308 e. The molecule has 20 heavy (non-hydrogen) atoms. The Bertz CT molecular complexity index is 609. The number of hydrogen-bond donors (Lipinski definition) is 1. The summed E-state index contributed by atoms with van der Waals surface area (Å²) < 4.78 is 7.28. The number of benzene rings is 1. The Morgan fingerprint density at radius 3 is 2.95 bits per heavy atom. The van der Waals surface area contributed by atoms with Gasteiger partial charge < -0.3 is 9.84 Å². The molecule has 0 amide bonds. The molecule has 0 saturated heterocycles. The molecule has 6 heteroatoms. The van der Waals surface area contributed by atoms with Gasteiger partial charge in [0.2, 0.25) is 0 Å². The Hall–Kier alpha value is -2.37. The number of fused-ring (bicyclic) bond motifs is 1. The first-order chi connectivity index (χ1) is 9.72. The lowest BCUT2D eigenvalue weighted by atomic mass is 10.0. The SMILES string of the molecule is O=C(O)C1CCc2nc(COc3ccccc3)nn2C1. The molecule has 0 spiro atoms. The molecular formula is C14H15N3O3. The highest BCUT2D eigenvalue weighted by molar-refractivity contribution is 5.70. The van der Waals surface area contributed by atoms with E-state index in [1.54, 1.807) is 4.68 Å². The molecule has 104 valence electrons. The van der Waals surface area contributed by atoms with Crippen LogP contribution in [0.3, 0.4) is 0 Å². The summed E-state index contributed by atoms with van der Waals surface area (Å²) in [6.07, 6.45) is 1.27.